The van der Waals surface area contributed by atoms with Gasteiger partial charge in [-0.25, -0.2) is 0 Å². The predicted octanol–water partition coefficient (Wildman–Crippen LogP) is 4.67. The Hall–Kier alpha value is -4.32. The molecule has 4 aromatic carbocycles. The molecule has 0 heterocycles. The van der Waals surface area contributed by atoms with Gasteiger partial charge in [-0.05, 0) is 65.4 Å². The molecule has 0 aliphatic heterocycles. The van der Waals surface area contributed by atoms with Gasteiger partial charge in [-0.1, -0.05) is 30.3 Å². The lowest BCUT2D eigenvalue weighted by Gasteiger charge is -2.13. The summed E-state index contributed by atoms with van der Waals surface area (Å²) in [5, 5.41) is 5.09. The Kier molecular flexibility index (Phi) is 6.03. The molecule has 0 bridgehead atoms. The second-order valence-electron chi connectivity index (χ2n) is 7.17. The summed E-state index contributed by atoms with van der Waals surface area (Å²) in [6.45, 7) is 0.341. The van der Waals surface area contributed by atoms with Crippen molar-refractivity contribution in [1.29, 1.82) is 0 Å². The molecule has 4 aromatic rings. The van der Waals surface area contributed by atoms with Crippen LogP contribution in [0.4, 0.5) is 0 Å². The quantitative estimate of drug-likeness (QED) is 0.449. The fourth-order valence-corrected chi connectivity index (χ4v) is 3.46. The highest BCUT2D eigenvalue weighted by Crippen LogP contribution is 2.28. The fourth-order valence-electron chi connectivity index (χ4n) is 3.46. The minimum Gasteiger partial charge on any atom is -0.496 e. The molecule has 0 saturated carbocycles. The van der Waals surface area contributed by atoms with Gasteiger partial charge in [-0.2, -0.15) is 0 Å². The summed E-state index contributed by atoms with van der Waals surface area (Å²) in [4.78, 5) is 23.8. The topological polar surface area (TPSA) is 90.7 Å². The maximum Gasteiger partial charge on any atom is 0.251 e. The van der Waals surface area contributed by atoms with E-state index >= 15 is 0 Å². The number of carbonyl (C=O) groups is 2. The summed E-state index contributed by atoms with van der Waals surface area (Å²) in [7, 11) is 1.62. The molecule has 0 saturated heterocycles. The van der Waals surface area contributed by atoms with Crippen molar-refractivity contribution >= 4 is 22.6 Å². The molecule has 4 rings (SSSR count). The average Bonchev–Trinajstić information content (AvgIpc) is 2.83. The number of carbonyl (C=O) groups excluding carboxylic acids is 2. The van der Waals surface area contributed by atoms with E-state index < -0.39 is 5.91 Å². The van der Waals surface area contributed by atoms with E-state index in [2.05, 4.69) is 5.32 Å². The van der Waals surface area contributed by atoms with E-state index in [0.717, 1.165) is 22.1 Å². The van der Waals surface area contributed by atoms with Gasteiger partial charge in [0.1, 0.15) is 17.2 Å². The van der Waals surface area contributed by atoms with Crippen LogP contribution in [-0.4, -0.2) is 18.9 Å². The van der Waals surface area contributed by atoms with Gasteiger partial charge in [-0.15, -0.1) is 0 Å². The van der Waals surface area contributed by atoms with Crippen LogP contribution in [0.3, 0.4) is 0 Å². The molecule has 32 heavy (non-hydrogen) atoms. The molecule has 0 aliphatic rings. The Morgan fingerprint density at radius 1 is 0.812 bits per heavy atom. The second-order valence-corrected chi connectivity index (χ2v) is 7.17. The van der Waals surface area contributed by atoms with Crippen molar-refractivity contribution in [3.63, 3.8) is 0 Å². The van der Waals surface area contributed by atoms with E-state index in [9.17, 15) is 9.59 Å². The lowest BCUT2D eigenvalue weighted by atomic mass is 10.0. The number of nitrogens with two attached hydrogens (primary N) is 1. The van der Waals surface area contributed by atoms with Crippen molar-refractivity contribution in [2.24, 2.45) is 5.73 Å². The zero-order valence-electron chi connectivity index (χ0n) is 17.5. The molecule has 3 N–H and O–H groups in total. The van der Waals surface area contributed by atoms with Crippen molar-refractivity contribution in [3.05, 3.63) is 102 Å². The van der Waals surface area contributed by atoms with Crippen molar-refractivity contribution < 1.29 is 19.1 Å². The van der Waals surface area contributed by atoms with E-state index in [1.165, 1.54) is 0 Å². The molecule has 0 aromatic heterocycles. The summed E-state index contributed by atoms with van der Waals surface area (Å²) in [6, 6.07) is 25.3. The highest BCUT2D eigenvalue weighted by Gasteiger charge is 2.11. The first kappa shape index (κ1) is 20.9. The van der Waals surface area contributed by atoms with Gasteiger partial charge in [0.05, 0.1) is 7.11 Å². The van der Waals surface area contributed by atoms with E-state index in [1.807, 2.05) is 36.4 Å². The molecule has 0 spiro atoms. The maximum atomic E-state index is 12.7. The molecule has 0 atom stereocenters. The van der Waals surface area contributed by atoms with Crippen molar-refractivity contribution in [1.82, 2.24) is 5.32 Å². The monoisotopic (exact) mass is 426 g/mol. The van der Waals surface area contributed by atoms with E-state index in [-0.39, 0.29) is 5.91 Å². The molecule has 0 aliphatic carbocycles. The van der Waals surface area contributed by atoms with Crippen molar-refractivity contribution in [3.8, 4) is 17.2 Å². The smallest absolute Gasteiger partial charge is 0.251 e. The lowest BCUT2D eigenvalue weighted by Crippen LogP contribution is -2.23. The van der Waals surface area contributed by atoms with Gasteiger partial charge in [-0.3, -0.25) is 9.59 Å². The first-order valence-corrected chi connectivity index (χ1v) is 10.1. The Balaban J connectivity index is 1.43. The standard InChI is InChI=1S/C26H22N2O4/c1-31-24-15-10-17-4-2-3-5-22(17)23(24)16-28-26(30)19-8-13-21(14-9-19)32-20-11-6-18(7-12-20)25(27)29/h2-15H,16H2,1H3,(H2,27,29)(H,28,30). The van der Waals surface area contributed by atoms with E-state index in [1.54, 1.807) is 55.6 Å². The molecule has 160 valence electrons. The molecule has 0 fully saturated rings. The molecule has 2 amide bonds. The summed E-state index contributed by atoms with van der Waals surface area (Å²) in [5.41, 5.74) is 7.09. The van der Waals surface area contributed by atoms with Gasteiger partial charge in [0, 0.05) is 23.2 Å². The normalized spacial score (nSPS) is 10.5. The van der Waals surface area contributed by atoms with Crippen LogP contribution in [0.25, 0.3) is 10.8 Å². The largest absolute Gasteiger partial charge is 0.496 e. The number of rotatable bonds is 7. The summed E-state index contributed by atoms with van der Waals surface area (Å²) >= 11 is 0. The van der Waals surface area contributed by atoms with E-state index in [4.69, 9.17) is 15.2 Å². The van der Waals surface area contributed by atoms with Crippen LogP contribution in [0, 0.1) is 0 Å². The molecular weight excluding hydrogens is 404 g/mol. The number of hydrogen-bond donors (Lipinski definition) is 2. The Morgan fingerprint density at radius 3 is 2.06 bits per heavy atom. The molecule has 6 heteroatoms. The zero-order valence-corrected chi connectivity index (χ0v) is 17.5. The number of ether oxygens (including phenoxy) is 2. The van der Waals surface area contributed by atoms with Crippen molar-refractivity contribution in [2.45, 2.75) is 6.54 Å². The molecule has 0 unspecified atom stereocenters. The zero-order chi connectivity index (χ0) is 22.5. The lowest BCUT2D eigenvalue weighted by molar-refractivity contribution is 0.0949. The average molecular weight is 426 g/mol. The number of benzene rings is 4. The third-order valence-electron chi connectivity index (χ3n) is 5.13. The SMILES string of the molecule is COc1ccc2ccccc2c1CNC(=O)c1ccc(Oc2ccc(C(N)=O)cc2)cc1. The van der Waals surface area contributed by atoms with Crippen molar-refractivity contribution in [2.75, 3.05) is 7.11 Å². The highest BCUT2D eigenvalue weighted by molar-refractivity contribution is 5.95. The van der Waals surface area contributed by atoms with Gasteiger partial charge >= 0.3 is 0 Å². The molecule has 0 radical (unpaired) electrons. The van der Waals surface area contributed by atoms with Crippen LogP contribution in [0.1, 0.15) is 26.3 Å². The van der Waals surface area contributed by atoms with E-state index in [0.29, 0.717) is 29.2 Å². The molecular formula is C26H22N2O4. The Labute approximate surface area is 185 Å². The molecule has 6 nitrogen and oxygen atoms in total. The number of hydrogen-bond acceptors (Lipinski definition) is 4. The number of amides is 2. The van der Waals surface area contributed by atoms with Crippen LogP contribution < -0.4 is 20.5 Å². The van der Waals surface area contributed by atoms with Gasteiger partial charge in [0.25, 0.3) is 5.91 Å². The van der Waals surface area contributed by atoms with Crippen LogP contribution in [0.15, 0.2) is 84.9 Å². The maximum absolute atomic E-state index is 12.7. The number of fused-ring (bicyclic) bond motifs is 1. The Bertz CT molecular complexity index is 1270. The second kappa shape index (κ2) is 9.22. The minimum absolute atomic E-state index is 0.197. The van der Waals surface area contributed by atoms with Crippen LogP contribution >= 0.6 is 0 Å². The number of primary amides is 1. The highest BCUT2D eigenvalue weighted by atomic mass is 16.5. The summed E-state index contributed by atoms with van der Waals surface area (Å²) in [6.07, 6.45) is 0. The number of methoxy groups -OCH3 is 1. The summed E-state index contributed by atoms with van der Waals surface area (Å²) < 4.78 is 11.2. The number of nitrogens with one attached hydrogen (secondary N) is 1. The predicted molar refractivity (Wildman–Crippen MR) is 123 cm³/mol. The van der Waals surface area contributed by atoms with Gasteiger partial charge in [0.15, 0.2) is 0 Å². The fraction of sp³-hybridized carbons (Fsp3) is 0.0769. The third-order valence-corrected chi connectivity index (χ3v) is 5.13. The third kappa shape index (κ3) is 4.54. The van der Waals surface area contributed by atoms with Gasteiger partial charge in [0.2, 0.25) is 5.91 Å². The van der Waals surface area contributed by atoms with Crippen LogP contribution in [0.2, 0.25) is 0 Å². The van der Waals surface area contributed by atoms with Gasteiger partial charge < -0.3 is 20.5 Å². The first-order chi connectivity index (χ1) is 15.5. The van der Waals surface area contributed by atoms with Crippen LogP contribution in [-0.2, 0) is 6.54 Å². The van der Waals surface area contributed by atoms with Crippen LogP contribution in [0.5, 0.6) is 17.2 Å². The first-order valence-electron chi connectivity index (χ1n) is 10.1. The summed E-state index contributed by atoms with van der Waals surface area (Å²) in [5.74, 6) is 1.18. The minimum atomic E-state index is -0.493. The Morgan fingerprint density at radius 2 is 1.44 bits per heavy atom.